The van der Waals surface area contributed by atoms with Gasteiger partial charge in [-0.3, -0.25) is 23.6 Å². The minimum Gasteiger partial charge on any atom is -0.387 e. The van der Waals surface area contributed by atoms with Crippen LogP contribution < -0.4 is 27.4 Å². The van der Waals surface area contributed by atoms with E-state index in [-0.39, 0.29) is 36.3 Å². The molecule has 3 amide bonds. The van der Waals surface area contributed by atoms with Crippen LogP contribution in [-0.2, 0) is 45.7 Å². The van der Waals surface area contributed by atoms with Gasteiger partial charge in [0.1, 0.15) is 24.1 Å². The highest BCUT2D eigenvalue weighted by atomic mass is 32.2. The van der Waals surface area contributed by atoms with E-state index in [0.29, 0.717) is 37.5 Å². The second-order valence-corrected chi connectivity index (χ2v) is 17.8. The van der Waals surface area contributed by atoms with Gasteiger partial charge < -0.3 is 50.9 Å². The molecule has 7 unspecified atom stereocenters. The molecule has 294 valence electrons. The van der Waals surface area contributed by atoms with Crippen molar-refractivity contribution in [1.29, 1.82) is 0 Å². The fourth-order valence-electron chi connectivity index (χ4n) is 5.54. The number of carbonyl (C=O) groups is 3. The quantitative estimate of drug-likeness (QED) is 0.0465. The number of thioether (sulfide) groups is 1. The number of phosphoric acid groups is 3. The molecule has 0 bridgehead atoms. The van der Waals surface area contributed by atoms with E-state index in [1.165, 1.54) is 6.07 Å². The number of nitrogens with one attached hydrogen (secondary N) is 3. The molecule has 1 aromatic heterocycles. The summed E-state index contributed by atoms with van der Waals surface area (Å²) in [4.78, 5) is 80.4. The average Bonchev–Trinajstić information content (AvgIpc) is 3.66. The van der Waals surface area contributed by atoms with Crippen molar-refractivity contribution >= 4 is 59.0 Å². The molecule has 10 N–H and O–H groups in total. The van der Waals surface area contributed by atoms with Gasteiger partial charge in [-0.25, -0.2) is 23.3 Å². The summed E-state index contributed by atoms with van der Waals surface area (Å²) in [6.07, 6.45) is -2.31. The lowest BCUT2D eigenvalue weighted by molar-refractivity contribution is -0.135. The van der Waals surface area contributed by atoms with E-state index in [2.05, 4.69) is 38.6 Å². The molecule has 0 aliphatic carbocycles. The first-order valence-electron chi connectivity index (χ1n) is 15.9. The first kappa shape index (κ1) is 42.3. The molecule has 0 spiro atoms. The fourth-order valence-corrected chi connectivity index (χ4v) is 10.6. The zero-order valence-corrected chi connectivity index (χ0v) is 30.8. The van der Waals surface area contributed by atoms with Crippen LogP contribution in [-0.4, -0.2) is 107 Å². The molecular formula is C25H41N6O17P3S. The van der Waals surface area contributed by atoms with Gasteiger partial charge in [0.2, 0.25) is 5.91 Å². The number of hydrogen-bond donors (Lipinski definition) is 9. The lowest BCUT2D eigenvalue weighted by atomic mass is 10.0. The summed E-state index contributed by atoms with van der Waals surface area (Å²) >= 11 is 1.80. The van der Waals surface area contributed by atoms with Gasteiger partial charge in [-0.05, 0) is 31.7 Å². The number of aromatic nitrogens is 2. The molecule has 3 saturated heterocycles. The van der Waals surface area contributed by atoms with E-state index in [9.17, 15) is 57.8 Å². The van der Waals surface area contributed by atoms with Crippen molar-refractivity contribution in [1.82, 2.24) is 25.5 Å². The molecule has 27 heteroatoms. The Labute approximate surface area is 300 Å². The zero-order valence-electron chi connectivity index (χ0n) is 27.3. The Bertz CT molecular complexity index is 1660. The Morgan fingerprint density at radius 3 is 2.44 bits per heavy atom. The van der Waals surface area contributed by atoms with Crippen LogP contribution in [0.1, 0.15) is 57.6 Å². The summed E-state index contributed by atoms with van der Waals surface area (Å²) in [6, 6.07) is 1.31. The Morgan fingerprint density at radius 1 is 1.00 bits per heavy atom. The third-order valence-corrected chi connectivity index (χ3v) is 13.7. The van der Waals surface area contributed by atoms with Crippen molar-refractivity contribution in [2.75, 3.05) is 24.6 Å². The molecule has 4 heterocycles. The predicted octanol–water partition coefficient (Wildman–Crippen LogP) is -0.259. The number of unbranched alkanes of at least 4 members (excludes halogenated alkanes) is 3. The molecule has 0 saturated carbocycles. The molecule has 1 aromatic rings. The maximum absolute atomic E-state index is 12.3. The van der Waals surface area contributed by atoms with Crippen molar-refractivity contribution in [3.05, 3.63) is 22.7 Å². The number of nitrogens with two attached hydrogens (primary N) is 1. The van der Waals surface area contributed by atoms with Gasteiger partial charge in [0.05, 0.1) is 18.7 Å². The van der Waals surface area contributed by atoms with E-state index in [1.54, 1.807) is 11.8 Å². The normalized spacial score (nSPS) is 28.9. The van der Waals surface area contributed by atoms with Crippen molar-refractivity contribution in [3.8, 4) is 0 Å². The predicted molar refractivity (Wildman–Crippen MR) is 178 cm³/mol. The minimum atomic E-state index is -5.93. The van der Waals surface area contributed by atoms with Crippen LogP contribution in [0.2, 0.25) is 0 Å². The van der Waals surface area contributed by atoms with E-state index in [0.717, 1.165) is 29.4 Å². The average molecular weight is 823 g/mol. The molecule has 3 fully saturated rings. The second-order valence-electron chi connectivity index (χ2n) is 11.9. The lowest BCUT2D eigenvalue weighted by Gasteiger charge is -2.20. The third-order valence-electron chi connectivity index (χ3n) is 7.96. The fraction of sp³-hybridized carbons (Fsp3) is 0.720. The zero-order chi connectivity index (χ0) is 38.3. The van der Waals surface area contributed by atoms with Crippen molar-refractivity contribution in [2.24, 2.45) is 0 Å². The number of urea groups is 1. The Balaban J connectivity index is 1.07. The first-order valence-corrected chi connectivity index (χ1v) is 21.5. The minimum absolute atomic E-state index is 0.114. The summed E-state index contributed by atoms with van der Waals surface area (Å²) < 4.78 is 59.1. The van der Waals surface area contributed by atoms with Crippen LogP contribution in [0.3, 0.4) is 0 Å². The number of anilines is 1. The highest BCUT2D eigenvalue weighted by molar-refractivity contribution is 8.00. The molecule has 3 aliphatic rings. The largest absolute Gasteiger partial charge is 0.538 e. The molecule has 3 aliphatic heterocycles. The molecule has 23 nitrogen and oxygen atoms in total. The number of fused-ring (bicyclic) bond motifs is 1. The number of ether oxygens (including phenoxy) is 1. The maximum atomic E-state index is 12.3. The van der Waals surface area contributed by atoms with Gasteiger partial charge in [0.25, 0.3) is 0 Å². The van der Waals surface area contributed by atoms with Gasteiger partial charge in [-0.1, -0.05) is 12.8 Å². The molecule has 52 heavy (non-hydrogen) atoms. The number of rotatable bonds is 20. The van der Waals surface area contributed by atoms with Gasteiger partial charge >= 0.3 is 41.2 Å². The van der Waals surface area contributed by atoms with Crippen LogP contribution in [0, 0.1) is 0 Å². The van der Waals surface area contributed by atoms with E-state index in [1.807, 2.05) is 0 Å². The number of nitrogens with zero attached hydrogens (tertiary/aromatic N) is 2. The smallest absolute Gasteiger partial charge is 0.387 e. The molecule has 4 rings (SSSR count). The van der Waals surface area contributed by atoms with Crippen molar-refractivity contribution < 1.29 is 75.4 Å². The van der Waals surface area contributed by atoms with E-state index >= 15 is 0 Å². The number of hydrogen-bond acceptors (Lipinski definition) is 17. The molecular weight excluding hydrogens is 781 g/mol. The molecule has 10 atom stereocenters. The number of phosphoric ester groups is 2. The summed E-state index contributed by atoms with van der Waals surface area (Å²) in [5.41, 5.74) is 4.44. The Kier molecular flexibility index (Phi) is 14.9. The van der Waals surface area contributed by atoms with Crippen LogP contribution in [0.25, 0.3) is 0 Å². The van der Waals surface area contributed by atoms with Crippen LogP contribution >= 0.6 is 35.2 Å². The summed E-state index contributed by atoms with van der Waals surface area (Å²) in [6.45, 7) is -0.756. The van der Waals surface area contributed by atoms with Gasteiger partial charge in [0.15, 0.2) is 6.23 Å². The SMILES string of the molecule is Nc1ccn([C@@H]2O[C@H](COP(=O)(O)OP(=O)(O)OP(=O)(O)OC(=O)CCCCCNC(=O)CCCCC3SCC4NC(=O)NC43)[C@H](O)C2O)c(=O)n1. The topological polar surface area (TPSA) is 347 Å². The highest BCUT2D eigenvalue weighted by Crippen LogP contribution is 2.67. The van der Waals surface area contributed by atoms with Gasteiger partial charge in [-0.15, -0.1) is 0 Å². The number of amides is 3. The van der Waals surface area contributed by atoms with E-state index in [4.69, 9.17) is 10.5 Å². The Hall–Kier alpha value is -2.43. The summed E-state index contributed by atoms with van der Waals surface area (Å²) in [5, 5.41) is 29.3. The van der Waals surface area contributed by atoms with Gasteiger partial charge in [-0.2, -0.15) is 25.4 Å². The Morgan fingerprint density at radius 2 is 1.71 bits per heavy atom. The maximum Gasteiger partial charge on any atom is 0.538 e. The number of carbonyl (C=O) groups excluding carboxylic acids is 3. The standard InChI is InChI=1S/C25H41N6O17P3S/c26-17-9-11-31(25(37)29-17)23-22(35)21(34)15(45-23)12-44-49(38,39)47-51(42,43)48-50(40,41)46-19(33)8-2-1-5-10-27-18(32)7-4-3-6-16-20-14(13-52-16)28-24(36)30-20/h9,11,14-16,20-23,34-35H,1-8,10,12-13H2,(H,27,32)(H,38,39)(H,40,41)(H,42,43)(H2,26,29,37)(H2,28,30,36)/t14?,15-,16?,20?,21+,22?,23-/m1/s1. The van der Waals surface area contributed by atoms with Crippen LogP contribution in [0.4, 0.5) is 10.6 Å². The first-order chi connectivity index (χ1) is 24.3. The number of nitrogen functional groups attached to an aromatic ring is 1. The van der Waals surface area contributed by atoms with Crippen molar-refractivity contribution in [3.63, 3.8) is 0 Å². The lowest BCUT2D eigenvalue weighted by Crippen LogP contribution is -2.36. The second kappa shape index (κ2) is 18.3. The third kappa shape index (κ3) is 12.6. The van der Waals surface area contributed by atoms with E-state index < -0.39 is 72.7 Å². The van der Waals surface area contributed by atoms with Crippen molar-refractivity contribution in [2.45, 2.75) is 93.2 Å². The summed E-state index contributed by atoms with van der Waals surface area (Å²) in [7, 11) is -17.2. The van der Waals surface area contributed by atoms with Gasteiger partial charge in [0, 0.05) is 36.6 Å². The number of aliphatic hydroxyl groups excluding tert-OH is 2. The molecule has 0 radical (unpaired) electrons. The van der Waals surface area contributed by atoms with Crippen LogP contribution in [0.15, 0.2) is 17.1 Å². The monoisotopic (exact) mass is 822 g/mol. The number of aliphatic hydroxyl groups is 2. The highest BCUT2D eigenvalue weighted by Gasteiger charge is 2.48. The summed E-state index contributed by atoms with van der Waals surface area (Å²) in [5.74, 6) is -0.727. The van der Waals surface area contributed by atoms with Crippen LogP contribution in [0.5, 0.6) is 0 Å². The molecule has 0 aromatic carbocycles.